The lowest BCUT2D eigenvalue weighted by molar-refractivity contribution is 0.554. The van der Waals surface area contributed by atoms with Crippen molar-refractivity contribution in [2.24, 2.45) is 0 Å². The first kappa shape index (κ1) is 14.6. The second-order valence-corrected chi connectivity index (χ2v) is 6.11. The molecule has 1 N–H and O–H groups in total. The zero-order chi connectivity index (χ0) is 12.7. The molecule has 0 aromatic heterocycles. The highest BCUT2D eigenvalue weighted by Gasteiger charge is 2.17. The van der Waals surface area contributed by atoms with Gasteiger partial charge in [-0.25, -0.2) is 17.5 Å². The Morgan fingerprint density at radius 2 is 1.88 bits per heavy atom. The normalized spacial score (nSPS) is 11.6. The molecule has 6 heteroatoms. The van der Waals surface area contributed by atoms with Crippen molar-refractivity contribution >= 4 is 26.0 Å². The maximum atomic E-state index is 13.3. The third kappa shape index (κ3) is 4.73. The van der Waals surface area contributed by atoms with Crippen molar-refractivity contribution in [3.8, 4) is 0 Å². The molecule has 0 atom stereocenters. The highest BCUT2D eigenvalue weighted by atomic mass is 79.9. The fourth-order valence-electron chi connectivity index (χ4n) is 1.34. The van der Waals surface area contributed by atoms with Crippen LogP contribution in [0.3, 0.4) is 0 Å². The summed E-state index contributed by atoms with van der Waals surface area (Å²) in [5.41, 5.74) is 0. The van der Waals surface area contributed by atoms with Gasteiger partial charge in [0.2, 0.25) is 10.0 Å². The first-order valence-corrected chi connectivity index (χ1v) is 7.98. The average Bonchev–Trinajstić information content (AvgIpc) is 2.29. The number of hydrogen-bond acceptors (Lipinski definition) is 2. The zero-order valence-corrected chi connectivity index (χ0v) is 11.7. The summed E-state index contributed by atoms with van der Waals surface area (Å²) in [6, 6.07) is 5.36. The van der Waals surface area contributed by atoms with Crippen molar-refractivity contribution in [2.45, 2.75) is 24.2 Å². The third-order valence-electron chi connectivity index (χ3n) is 2.23. The minimum absolute atomic E-state index is 0.291. The van der Waals surface area contributed by atoms with Crippen LogP contribution in [-0.2, 0) is 10.0 Å². The van der Waals surface area contributed by atoms with Gasteiger partial charge in [-0.1, -0.05) is 34.5 Å². The summed E-state index contributed by atoms with van der Waals surface area (Å²) in [7, 11) is -3.71. The maximum Gasteiger partial charge on any atom is 0.243 e. The number of rotatable bonds is 7. The van der Waals surface area contributed by atoms with Gasteiger partial charge in [-0.15, -0.1) is 0 Å². The quantitative estimate of drug-likeness (QED) is 0.619. The van der Waals surface area contributed by atoms with Crippen LogP contribution in [0.5, 0.6) is 0 Å². The van der Waals surface area contributed by atoms with E-state index in [9.17, 15) is 12.8 Å². The molecule has 17 heavy (non-hydrogen) atoms. The Labute approximate surface area is 110 Å². The Kier molecular flexibility index (Phi) is 6.08. The first-order valence-electron chi connectivity index (χ1n) is 5.38. The summed E-state index contributed by atoms with van der Waals surface area (Å²) in [4.78, 5) is -0.291. The fourth-order valence-corrected chi connectivity index (χ4v) is 2.89. The molecule has 0 bridgehead atoms. The number of benzene rings is 1. The van der Waals surface area contributed by atoms with Crippen molar-refractivity contribution in [3.05, 3.63) is 30.1 Å². The number of halogens is 2. The highest BCUT2D eigenvalue weighted by Crippen LogP contribution is 2.13. The van der Waals surface area contributed by atoms with Gasteiger partial charge in [-0.3, -0.25) is 0 Å². The van der Waals surface area contributed by atoms with E-state index < -0.39 is 15.8 Å². The molecule has 0 fully saturated rings. The van der Waals surface area contributed by atoms with Crippen LogP contribution < -0.4 is 4.72 Å². The Bertz CT molecular complexity index is 451. The van der Waals surface area contributed by atoms with Crippen molar-refractivity contribution in [1.29, 1.82) is 0 Å². The molecule has 0 aliphatic rings. The summed E-state index contributed by atoms with van der Waals surface area (Å²) >= 11 is 3.30. The number of hydrogen-bond donors (Lipinski definition) is 1. The Morgan fingerprint density at radius 3 is 2.53 bits per heavy atom. The molecule has 0 aliphatic heterocycles. The van der Waals surface area contributed by atoms with Gasteiger partial charge in [-0.05, 0) is 25.0 Å². The van der Waals surface area contributed by atoms with Crippen molar-refractivity contribution < 1.29 is 12.8 Å². The zero-order valence-electron chi connectivity index (χ0n) is 9.33. The number of sulfonamides is 1. The summed E-state index contributed by atoms with van der Waals surface area (Å²) in [5.74, 6) is -0.722. The third-order valence-corrected chi connectivity index (χ3v) is 4.28. The number of nitrogens with one attached hydrogen (secondary N) is 1. The SMILES string of the molecule is O=S(=O)(NCCCCCBr)c1ccccc1F. The molecule has 0 radical (unpaired) electrons. The second kappa shape index (κ2) is 7.08. The molecule has 0 aliphatic carbocycles. The minimum atomic E-state index is -3.71. The largest absolute Gasteiger partial charge is 0.243 e. The summed E-state index contributed by atoms with van der Waals surface area (Å²) in [6.07, 6.45) is 2.69. The Hall–Kier alpha value is -0.460. The van der Waals surface area contributed by atoms with E-state index in [4.69, 9.17) is 0 Å². The van der Waals surface area contributed by atoms with Gasteiger partial charge in [0.15, 0.2) is 0 Å². The van der Waals surface area contributed by atoms with Gasteiger partial charge in [-0.2, -0.15) is 0 Å². The molecular formula is C11H15BrFNO2S. The van der Waals surface area contributed by atoms with Crippen LogP contribution >= 0.6 is 15.9 Å². The van der Waals surface area contributed by atoms with Crippen LogP contribution in [0.25, 0.3) is 0 Å². The standard InChI is InChI=1S/C11H15BrFNO2S/c12-8-4-1-5-9-14-17(15,16)11-7-3-2-6-10(11)13/h2-3,6-7,14H,1,4-5,8-9H2. The molecule has 0 spiro atoms. The van der Waals surface area contributed by atoms with Crippen LogP contribution in [-0.4, -0.2) is 20.3 Å². The topological polar surface area (TPSA) is 46.2 Å². The molecule has 0 saturated carbocycles. The van der Waals surface area contributed by atoms with E-state index in [1.54, 1.807) is 0 Å². The molecule has 0 amide bonds. The maximum absolute atomic E-state index is 13.3. The summed E-state index contributed by atoms with van der Waals surface area (Å²) < 4.78 is 39.1. The Morgan fingerprint density at radius 1 is 1.18 bits per heavy atom. The fraction of sp³-hybridized carbons (Fsp3) is 0.455. The van der Waals surface area contributed by atoms with E-state index in [0.717, 1.165) is 30.7 Å². The van der Waals surface area contributed by atoms with Gasteiger partial charge in [0.25, 0.3) is 0 Å². The van der Waals surface area contributed by atoms with Gasteiger partial charge in [0.1, 0.15) is 10.7 Å². The van der Waals surface area contributed by atoms with Gasteiger partial charge in [0, 0.05) is 11.9 Å². The average molecular weight is 324 g/mol. The summed E-state index contributed by atoms with van der Waals surface area (Å²) in [6.45, 7) is 0.337. The van der Waals surface area contributed by atoms with Crippen LogP contribution in [0, 0.1) is 5.82 Å². The smallest absolute Gasteiger partial charge is 0.211 e. The van der Waals surface area contributed by atoms with Crippen LogP contribution in [0.1, 0.15) is 19.3 Å². The minimum Gasteiger partial charge on any atom is -0.211 e. The van der Waals surface area contributed by atoms with Crippen LogP contribution in [0.4, 0.5) is 4.39 Å². The predicted molar refractivity (Wildman–Crippen MR) is 69.2 cm³/mol. The molecule has 1 aromatic rings. The molecule has 96 valence electrons. The molecule has 0 saturated heterocycles. The number of unbranched alkanes of at least 4 members (excludes halogenated alkanes) is 2. The van der Waals surface area contributed by atoms with Crippen molar-refractivity contribution in [1.82, 2.24) is 4.72 Å². The van der Waals surface area contributed by atoms with Gasteiger partial charge >= 0.3 is 0 Å². The highest BCUT2D eigenvalue weighted by molar-refractivity contribution is 9.09. The van der Waals surface area contributed by atoms with Crippen molar-refractivity contribution in [2.75, 3.05) is 11.9 Å². The lowest BCUT2D eigenvalue weighted by atomic mass is 10.3. The van der Waals surface area contributed by atoms with Crippen LogP contribution in [0.2, 0.25) is 0 Å². The molecular weight excluding hydrogens is 309 g/mol. The van der Waals surface area contributed by atoms with Crippen LogP contribution in [0.15, 0.2) is 29.2 Å². The molecule has 0 heterocycles. The van der Waals surface area contributed by atoms with E-state index >= 15 is 0 Å². The monoisotopic (exact) mass is 323 g/mol. The molecule has 1 aromatic carbocycles. The van der Waals surface area contributed by atoms with E-state index in [1.165, 1.54) is 18.2 Å². The molecule has 0 unspecified atom stereocenters. The van der Waals surface area contributed by atoms with E-state index in [-0.39, 0.29) is 4.90 Å². The predicted octanol–water partition coefficient (Wildman–Crippen LogP) is 2.67. The summed E-state index contributed by atoms with van der Waals surface area (Å²) in [5, 5.41) is 0.910. The van der Waals surface area contributed by atoms with E-state index in [2.05, 4.69) is 20.7 Å². The van der Waals surface area contributed by atoms with Gasteiger partial charge in [0.05, 0.1) is 0 Å². The lowest BCUT2D eigenvalue weighted by Gasteiger charge is -2.07. The van der Waals surface area contributed by atoms with E-state index in [1.807, 2.05) is 0 Å². The van der Waals surface area contributed by atoms with Gasteiger partial charge < -0.3 is 0 Å². The first-order chi connectivity index (χ1) is 8.08. The Balaban J connectivity index is 2.55. The second-order valence-electron chi connectivity index (χ2n) is 3.58. The number of alkyl halides is 1. The molecule has 1 rings (SSSR count). The van der Waals surface area contributed by atoms with E-state index in [0.29, 0.717) is 6.54 Å². The lowest BCUT2D eigenvalue weighted by Crippen LogP contribution is -2.25. The molecule has 3 nitrogen and oxygen atoms in total. The van der Waals surface area contributed by atoms with Crippen molar-refractivity contribution in [3.63, 3.8) is 0 Å².